The van der Waals surface area contributed by atoms with E-state index in [9.17, 15) is 52.7 Å². The van der Waals surface area contributed by atoms with Crippen LogP contribution in [0, 0.1) is 0 Å². The number of hydrogen-bond donors (Lipinski definition) is 1. The van der Waals surface area contributed by atoms with Gasteiger partial charge in [0.15, 0.2) is 0 Å². The third kappa shape index (κ3) is 2.35. The molecule has 0 aromatic heterocycles. The van der Waals surface area contributed by atoms with Crippen molar-refractivity contribution in [3.63, 3.8) is 0 Å². The number of hydrazine groups is 1. The minimum atomic E-state index is -6.64. The van der Waals surface area contributed by atoms with E-state index in [2.05, 4.69) is 0 Å². The van der Waals surface area contributed by atoms with E-state index in [0.29, 0.717) is 5.43 Å². The van der Waals surface area contributed by atoms with Crippen molar-refractivity contribution in [1.82, 2.24) is 10.4 Å². The van der Waals surface area contributed by atoms with E-state index < -0.39 is 47.1 Å². The predicted octanol–water partition coefficient (Wildman–Crippen LogP) is 3.19. The number of aliphatic imine (C=N–C) groups is 1. The molecule has 0 unspecified atom stereocenters. The molecular weight excluding hydrogens is 366 g/mol. The van der Waals surface area contributed by atoms with E-state index in [-0.39, 0.29) is 7.05 Å². The molecule has 0 saturated heterocycles. The average molecular weight is 371 g/mol. The Morgan fingerprint density at radius 3 is 1.30 bits per heavy atom. The van der Waals surface area contributed by atoms with Crippen LogP contribution in [-0.2, 0) is 0 Å². The molecule has 3 nitrogen and oxygen atoms in total. The number of nitrogens with zero attached hydrogens (tertiary/aromatic N) is 2. The lowest BCUT2D eigenvalue weighted by Gasteiger charge is -2.46. The van der Waals surface area contributed by atoms with Crippen molar-refractivity contribution in [2.45, 2.75) is 35.9 Å². The van der Waals surface area contributed by atoms with Crippen LogP contribution in [0.4, 0.5) is 52.7 Å². The first-order chi connectivity index (χ1) is 9.90. The standard InChI is InChI=1S/C8H5F12N3/c1-21-23-3(5(9,10)11,6(12,13)14)2-22-4(23,7(15,16)17)8(18,19)20/h2,21H,1H3. The van der Waals surface area contributed by atoms with Gasteiger partial charge in [0.2, 0.25) is 0 Å². The highest BCUT2D eigenvalue weighted by Crippen LogP contribution is 2.58. The van der Waals surface area contributed by atoms with Gasteiger partial charge in [-0.1, -0.05) is 0 Å². The first kappa shape index (κ1) is 19.8. The Kier molecular flexibility index (Phi) is 4.20. The fourth-order valence-electron chi connectivity index (χ4n) is 2.02. The number of nitrogens with one attached hydrogen (secondary N) is 1. The maximum Gasteiger partial charge on any atom is 0.437 e. The van der Waals surface area contributed by atoms with Gasteiger partial charge in [-0.15, -0.1) is 0 Å². The summed E-state index contributed by atoms with van der Waals surface area (Å²) >= 11 is 0. The van der Waals surface area contributed by atoms with Crippen LogP contribution in [0.25, 0.3) is 0 Å². The van der Waals surface area contributed by atoms with Crippen LogP contribution in [0.5, 0.6) is 0 Å². The molecule has 1 aliphatic rings. The molecule has 1 heterocycles. The highest BCUT2D eigenvalue weighted by Gasteiger charge is 2.88. The molecular formula is C8H5F12N3. The summed E-state index contributed by atoms with van der Waals surface area (Å²) in [5.74, 6) is 0. The molecule has 23 heavy (non-hydrogen) atoms. The zero-order chi connectivity index (χ0) is 18.7. The summed E-state index contributed by atoms with van der Waals surface area (Å²) < 4.78 is 154. The monoisotopic (exact) mass is 371 g/mol. The van der Waals surface area contributed by atoms with E-state index >= 15 is 0 Å². The second kappa shape index (κ2) is 4.87. The van der Waals surface area contributed by atoms with Crippen LogP contribution in [0.15, 0.2) is 4.99 Å². The van der Waals surface area contributed by atoms with Gasteiger partial charge in [-0.05, 0) is 7.05 Å². The Morgan fingerprint density at radius 2 is 1.09 bits per heavy atom. The minimum Gasteiger partial charge on any atom is -0.254 e. The van der Waals surface area contributed by atoms with Crippen LogP contribution < -0.4 is 5.43 Å². The molecule has 15 heteroatoms. The van der Waals surface area contributed by atoms with Gasteiger partial charge in [0.05, 0.1) is 0 Å². The van der Waals surface area contributed by atoms with Crippen molar-refractivity contribution < 1.29 is 52.7 Å². The number of hydrogen-bond acceptors (Lipinski definition) is 3. The van der Waals surface area contributed by atoms with Crippen LogP contribution in [0.2, 0.25) is 0 Å². The predicted molar refractivity (Wildman–Crippen MR) is 49.1 cm³/mol. The van der Waals surface area contributed by atoms with E-state index in [1.54, 1.807) is 4.99 Å². The highest BCUT2D eigenvalue weighted by atomic mass is 19.4. The van der Waals surface area contributed by atoms with Crippen molar-refractivity contribution in [3.05, 3.63) is 0 Å². The number of alkyl halides is 12. The molecule has 1 aliphatic heterocycles. The van der Waals surface area contributed by atoms with Gasteiger partial charge in [0.25, 0.3) is 5.54 Å². The molecule has 0 radical (unpaired) electrons. The van der Waals surface area contributed by atoms with Gasteiger partial charge in [0, 0.05) is 6.21 Å². The fraction of sp³-hybridized carbons (Fsp3) is 0.875. The Bertz CT molecular complexity index is 410. The van der Waals surface area contributed by atoms with Crippen LogP contribution in [0.3, 0.4) is 0 Å². The van der Waals surface area contributed by atoms with E-state index in [1.165, 1.54) is 0 Å². The van der Waals surface area contributed by atoms with Crippen molar-refractivity contribution in [2.24, 2.45) is 4.99 Å². The molecule has 0 saturated carbocycles. The van der Waals surface area contributed by atoms with E-state index in [4.69, 9.17) is 0 Å². The molecule has 0 aromatic rings. The largest absolute Gasteiger partial charge is 0.437 e. The van der Waals surface area contributed by atoms with Crippen molar-refractivity contribution in [1.29, 1.82) is 0 Å². The lowest BCUT2D eigenvalue weighted by molar-refractivity contribution is -0.392. The van der Waals surface area contributed by atoms with Crippen molar-refractivity contribution in [3.8, 4) is 0 Å². The Labute approximate surface area is 118 Å². The van der Waals surface area contributed by atoms with Gasteiger partial charge in [-0.2, -0.15) is 57.7 Å². The summed E-state index contributed by atoms with van der Waals surface area (Å²) in [6, 6.07) is 0. The lowest BCUT2D eigenvalue weighted by atomic mass is 9.97. The maximum atomic E-state index is 12.8. The second-order valence-electron chi connectivity index (χ2n) is 4.25. The molecule has 0 aromatic carbocycles. The zero-order valence-electron chi connectivity index (χ0n) is 10.5. The molecule has 136 valence electrons. The quantitative estimate of drug-likeness (QED) is 0.717. The van der Waals surface area contributed by atoms with Crippen LogP contribution >= 0.6 is 0 Å². The smallest absolute Gasteiger partial charge is 0.254 e. The average Bonchev–Trinajstić information content (AvgIpc) is 2.62. The summed E-state index contributed by atoms with van der Waals surface area (Å²) in [6.45, 7) is 0. The minimum absolute atomic E-state index is 0.0487. The summed E-state index contributed by atoms with van der Waals surface area (Å²) in [5.41, 5.74) is -10.7. The second-order valence-corrected chi connectivity index (χ2v) is 4.25. The summed E-state index contributed by atoms with van der Waals surface area (Å²) in [7, 11) is 0.0487. The maximum absolute atomic E-state index is 12.8. The number of halogens is 12. The summed E-state index contributed by atoms with van der Waals surface area (Å²) in [6.07, 6.45) is -27.9. The molecule has 0 bridgehead atoms. The fourth-order valence-corrected chi connectivity index (χ4v) is 2.02. The molecule has 0 atom stereocenters. The van der Waals surface area contributed by atoms with Gasteiger partial charge in [0.1, 0.15) is 0 Å². The summed E-state index contributed by atoms with van der Waals surface area (Å²) in [5, 5.41) is -2.03. The Hall–Kier alpha value is -1.25. The third-order valence-electron chi connectivity index (χ3n) is 2.99. The molecule has 0 amide bonds. The van der Waals surface area contributed by atoms with E-state index in [1.807, 2.05) is 0 Å². The highest BCUT2D eigenvalue weighted by molar-refractivity contribution is 5.76. The lowest BCUT2D eigenvalue weighted by Crippen LogP contribution is -2.78. The third-order valence-corrected chi connectivity index (χ3v) is 2.99. The molecule has 0 spiro atoms. The Morgan fingerprint density at radius 1 is 0.739 bits per heavy atom. The van der Waals surface area contributed by atoms with Crippen molar-refractivity contribution in [2.75, 3.05) is 7.05 Å². The van der Waals surface area contributed by atoms with Crippen molar-refractivity contribution >= 4 is 6.21 Å². The first-order valence-electron chi connectivity index (χ1n) is 5.21. The molecule has 1 N–H and O–H groups in total. The topological polar surface area (TPSA) is 27.6 Å². The normalized spacial score (nSPS) is 22.7. The zero-order valence-corrected chi connectivity index (χ0v) is 10.5. The van der Waals surface area contributed by atoms with Gasteiger partial charge in [-0.25, -0.2) is 0 Å². The van der Waals surface area contributed by atoms with Gasteiger partial charge >= 0.3 is 30.4 Å². The van der Waals surface area contributed by atoms with Gasteiger partial charge < -0.3 is 0 Å². The SMILES string of the molecule is CNN1C(C(F)(F)F)(C(F)(F)F)C=NC1(C(F)(F)F)C(F)(F)F. The molecule has 0 aliphatic carbocycles. The molecule has 0 fully saturated rings. The number of rotatable bonds is 1. The van der Waals surface area contributed by atoms with E-state index in [0.717, 1.165) is 0 Å². The van der Waals surface area contributed by atoms with Crippen LogP contribution in [0.1, 0.15) is 0 Å². The first-order valence-corrected chi connectivity index (χ1v) is 5.21. The van der Waals surface area contributed by atoms with Crippen LogP contribution in [-0.4, -0.2) is 54.2 Å². The molecule has 1 rings (SSSR count). The summed E-state index contributed by atoms with van der Waals surface area (Å²) in [4.78, 5) is 1.60. The Balaban J connectivity index is 3.84. The van der Waals surface area contributed by atoms with Gasteiger partial charge in [-0.3, -0.25) is 10.4 Å².